The van der Waals surface area contributed by atoms with E-state index < -0.39 is 62.6 Å². The van der Waals surface area contributed by atoms with E-state index in [0.717, 1.165) is 32.1 Å². The van der Waals surface area contributed by atoms with Crippen LogP contribution >= 0.6 is 0 Å². The van der Waals surface area contributed by atoms with Crippen LogP contribution in [0.4, 0.5) is 0 Å². The summed E-state index contributed by atoms with van der Waals surface area (Å²) in [6, 6.07) is 2.59. The molecule has 0 spiro atoms. The van der Waals surface area contributed by atoms with Crippen LogP contribution in [0.5, 0.6) is 0 Å². The zero-order valence-corrected chi connectivity index (χ0v) is 34.5. The summed E-state index contributed by atoms with van der Waals surface area (Å²) in [4.78, 5) is 26.0. The van der Waals surface area contributed by atoms with Crippen molar-refractivity contribution < 1.29 is 36.5 Å². The smallest absolute Gasteiger partial charge is 0.465 e. The molecule has 0 aliphatic carbocycles. The lowest BCUT2D eigenvalue weighted by molar-refractivity contribution is -0.159. The maximum Gasteiger partial charge on any atom is 0.469 e. The number of carbonyl (C=O) groups excluding carboxylic acids is 2. The van der Waals surface area contributed by atoms with Crippen LogP contribution in [0.25, 0.3) is 0 Å². The van der Waals surface area contributed by atoms with Gasteiger partial charge in [0.05, 0.1) is 30.3 Å². The molecular weight excluding hydrogens is 627 g/mol. The zero-order valence-electron chi connectivity index (χ0n) is 30.5. The van der Waals surface area contributed by atoms with Gasteiger partial charge >= 0.3 is 20.7 Å². The second-order valence-electron chi connectivity index (χ2n) is 16.0. The van der Waals surface area contributed by atoms with Crippen molar-refractivity contribution >= 4 is 45.7 Å². The molecule has 0 aromatic carbocycles. The number of nitrogens with zero attached hydrogens (tertiary/aromatic N) is 1. The molecular formula is C31H65NO8Si4. The summed E-state index contributed by atoms with van der Waals surface area (Å²) >= 11 is 0. The molecule has 0 saturated carbocycles. The number of aliphatic hydroxyl groups excluding tert-OH is 1. The minimum Gasteiger partial charge on any atom is -0.465 e. The lowest BCUT2D eigenvalue weighted by Gasteiger charge is -2.42. The molecule has 13 heteroatoms. The van der Waals surface area contributed by atoms with Gasteiger partial charge in [-0.1, -0.05) is 26.2 Å². The van der Waals surface area contributed by atoms with Crippen molar-refractivity contribution in [3.63, 3.8) is 0 Å². The van der Waals surface area contributed by atoms with Crippen molar-refractivity contribution in [2.45, 2.75) is 163 Å². The molecule has 0 aliphatic heterocycles. The van der Waals surface area contributed by atoms with Crippen LogP contribution in [0.1, 0.15) is 86.0 Å². The third kappa shape index (κ3) is 18.3. The van der Waals surface area contributed by atoms with E-state index in [1.54, 1.807) is 13.8 Å². The Morgan fingerprint density at radius 2 is 1.30 bits per heavy atom. The number of aliphatic hydroxyl groups is 1. The van der Waals surface area contributed by atoms with E-state index in [0.29, 0.717) is 12.5 Å². The highest BCUT2D eigenvalue weighted by Gasteiger charge is 2.49. The minimum absolute atomic E-state index is 0.0395. The van der Waals surface area contributed by atoms with Crippen molar-refractivity contribution in [1.82, 2.24) is 0 Å². The van der Waals surface area contributed by atoms with E-state index in [9.17, 15) is 20.0 Å². The molecule has 0 aromatic heterocycles. The molecule has 3 atom stereocenters. The molecule has 0 radical (unpaired) electrons. The van der Waals surface area contributed by atoms with Gasteiger partial charge in [0.2, 0.25) is 0 Å². The fourth-order valence-corrected chi connectivity index (χ4v) is 19.5. The minimum atomic E-state index is -3.03. The molecule has 0 saturated heterocycles. The first-order valence-corrected chi connectivity index (χ1v) is 28.5. The largest absolute Gasteiger partial charge is 0.469 e. The molecule has 0 bridgehead atoms. The van der Waals surface area contributed by atoms with Crippen LogP contribution in [0.15, 0.2) is 0 Å². The van der Waals surface area contributed by atoms with Crippen LogP contribution in [0, 0.1) is 22.2 Å². The number of unbranched alkanes of at least 4 members (excludes halogenated alkanes) is 3. The van der Waals surface area contributed by atoms with Crippen molar-refractivity contribution in [2.75, 3.05) is 6.61 Å². The Bertz CT molecular complexity index is 896. The van der Waals surface area contributed by atoms with Crippen molar-refractivity contribution in [3.05, 3.63) is 0 Å². The number of carbonyl (C=O) groups is 2. The Labute approximate surface area is 273 Å². The number of ether oxygens (including phenoxy) is 2. The summed E-state index contributed by atoms with van der Waals surface area (Å²) in [5.41, 5.74) is -2.55. The van der Waals surface area contributed by atoms with Crippen molar-refractivity contribution in [3.8, 4) is 6.07 Å². The number of rotatable bonds is 22. The Hall–Kier alpha value is -0.862. The summed E-state index contributed by atoms with van der Waals surface area (Å²) in [6.07, 6.45) is 4.08. The SMILES string of the molecule is CCCCCCC(C)OC(=O)C(C)(C#N)CC(O)CC(C)(C)C(=O)OCCC[Si](O[Si](C)(C)C)(O[Si](C)(C)C)O[Si](C)(C)C. The van der Waals surface area contributed by atoms with Crippen molar-refractivity contribution in [2.24, 2.45) is 10.8 Å². The maximum absolute atomic E-state index is 13.1. The Morgan fingerprint density at radius 1 is 0.795 bits per heavy atom. The fourth-order valence-electron chi connectivity index (χ4n) is 4.88. The van der Waals surface area contributed by atoms with Gasteiger partial charge in [0.25, 0.3) is 0 Å². The van der Waals surface area contributed by atoms with E-state index >= 15 is 0 Å². The van der Waals surface area contributed by atoms with Gasteiger partial charge in [0.1, 0.15) is 0 Å². The van der Waals surface area contributed by atoms with E-state index in [1.165, 1.54) is 6.92 Å². The van der Waals surface area contributed by atoms with E-state index in [2.05, 4.69) is 65.8 Å². The molecule has 44 heavy (non-hydrogen) atoms. The fraction of sp³-hybridized carbons (Fsp3) is 0.903. The average molecular weight is 692 g/mol. The predicted octanol–water partition coefficient (Wildman–Crippen LogP) is 8.01. The highest BCUT2D eigenvalue weighted by Crippen LogP contribution is 2.33. The van der Waals surface area contributed by atoms with Crippen LogP contribution in [-0.4, -0.2) is 69.6 Å². The first kappa shape index (κ1) is 43.1. The van der Waals surface area contributed by atoms with Gasteiger partial charge < -0.3 is 26.9 Å². The molecule has 258 valence electrons. The first-order chi connectivity index (χ1) is 19.8. The van der Waals surface area contributed by atoms with Crippen LogP contribution in [0.3, 0.4) is 0 Å². The summed E-state index contributed by atoms with van der Waals surface area (Å²) in [5, 5.41) is 20.7. The second kappa shape index (κ2) is 17.9. The topological polar surface area (TPSA) is 124 Å². The number of nitriles is 1. The Kier molecular flexibility index (Phi) is 17.5. The Balaban J connectivity index is 5.29. The molecule has 0 aliphatic rings. The third-order valence-corrected chi connectivity index (χ3v) is 18.7. The molecule has 0 fully saturated rings. The van der Waals surface area contributed by atoms with Crippen molar-refractivity contribution in [1.29, 1.82) is 5.26 Å². The highest BCUT2D eigenvalue weighted by molar-refractivity contribution is 6.90. The highest BCUT2D eigenvalue weighted by atomic mass is 28.5. The standard InChI is InChI=1S/C31H65NO8Si4/c1-15-16-17-18-20-26(2)37-29(35)31(5,25-32)24-27(33)23-30(3,4)28(34)36-21-19-22-44(38-41(6,7)8,39-42(9,10)11)40-43(12,13)14/h26-27,33H,15-24H2,1-14H3. The van der Waals surface area contributed by atoms with E-state index in [1.807, 2.05) is 13.0 Å². The normalized spacial score (nSPS) is 16.0. The van der Waals surface area contributed by atoms with Gasteiger partial charge in [-0.05, 0) is 112 Å². The van der Waals surface area contributed by atoms with Gasteiger partial charge in [-0.15, -0.1) is 0 Å². The van der Waals surface area contributed by atoms with E-state index in [-0.39, 0.29) is 25.6 Å². The molecule has 0 aromatic rings. The quantitative estimate of drug-likeness (QED) is 0.0683. The molecule has 0 amide bonds. The first-order valence-electron chi connectivity index (χ1n) is 16.4. The van der Waals surface area contributed by atoms with Gasteiger partial charge in [-0.2, -0.15) is 5.26 Å². The molecule has 1 N–H and O–H groups in total. The van der Waals surface area contributed by atoms with E-state index in [4.69, 9.17) is 21.8 Å². The molecule has 0 rings (SSSR count). The number of hydrogen-bond acceptors (Lipinski definition) is 9. The molecule has 9 nitrogen and oxygen atoms in total. The van der Waals surface area contributed by atoms with Crippen LogP contribution in [-0.2, 0) is 31.4 Å². The number of esters is 2. The Morgan fingerprint density at radius 3 is 1.73 bits per heavy atom. The molecule has 3 unspecified atom stereocenters. The van der Waals surface area contributed by atoms with Gasteiger partial charge in [-0.25, -0.2) is 0 Å². The maximum atomic E-state index is 13.1. The summed E-state index contributed by atoms with van der Waals surface area (Å²) in [6.45, 7) is 28.2. The zero-order chi connectivity index (χ0) is 34.6. The monoisotopic (exact) mass is 691 g/mol. The average Bonchev–Trinajstić information content (AvgIpc) is 2.80. The summed E-state index contributed by atoms with van der Waals surface area (Å²) in [7, 11) is -9.05. The van der Waals surface area contributed by atoms with Crippen LogP contribution in [0.2, 0.25) is 65.0 Å². The second-order valence-corrected chi connectivity index (χ2v) is 33.0. The van der Waals surface area contributed by atoms with Gasteiger partial charge in [0, 0.05) is 12.5 Å². The number of hydrogen-bond donors (Lipinski definition) is 1. The lowest BCUT2D eigenvalue weighted by atomic mass is 9.79. The lowest BCUT2D eigenvalue weighted by Crippen LogP contribution is -2.60. The van der Waals surface area contributed by atoms with Gasteiger partial charge in [-0.3, -0.25) is 9.59 Å². The summed E-state index contributed by atoms with van der Waals surface area (Å²) < 4.78 is 31.3. The van der Waals surface area contributed by atoms with Gasteiger partial charge in [0.15, 0.2) is 30.4 Å². The third-order valence-electron chi connectivity index (χ3n) is 6.66. The summed E-state index contributed by atoms with van der Waals surface area (Å²) in [5.74, 6) is -1.09. The van der Waals surface area contributed by atoms with Crippen LogP contribution < -0.4 is 0 Å². The molecule has 0 heterocycles. The predicted molar refractivity (Wildman–Crippen MR) is 186 cm³/mol.